The second-order valence-corrected chi connectivity index (χ2v) is 6.74. The molecule has 0 aliphatic carbocycles. The van der Waals surface area contributed by atoms with Crippen molar-refractivity contribution in [3.05, 3.63) is 40.4 Å². The number of amides is 2. The number of hydrogen-bond acceptors (Lipinski definition) is 5. The molecule has 2 rings (SSSR count). The van der Waals surface area contributed by atoms with Gasteiger partial charge in [-0.2, -0.15) is 13.2 Å². The summed E-state index contributed by atoms with van der Waals surface area (Å²) in [6.45, 7) is 4.39. The van der Waals surface area contributed by atoms with Gasteiger partial charge < -0.3 is 15.4 Å². The van der Waals surface area contributed by atoms with Crippen LogP contribution in [0.2, 0.25) is 0 Å². The van der Waals surface area contributed by atoms with Gasteiger partial charge in [-0.05, 0) is 31.5 Å². The molecule has 1 aromatic heterocycles. The molecule has 0 aliphatic heterocycles. The van der Waals surface area contributed by atoms with Crippen molar-refractivity contribution in [1.82, 2.24) is 10.3 Å². The summed E-state index contributed by atoms with van der Waals surface area (Å²) in [6.07, 6.45) is -4.85. The lowest BCUT2D eigenvalue weighted by molar-refractivity contribution is -0.138. The Morgan fingerprint density at radius 1 is 1.30 bits per heavy atom. The molecule has 0 aliphatic rings. The first-order valence-corrected chi connectivity index (χ1v) is 8.82. The number of nitrogens with zero attached hydrogens (tertiary/aromatic N) is 1. The molecule has 1 heterocycles. The third kappa shape index (κ3) is 5.95. The second-order valence-electron chi connectivity index (χ2n) is 5.89. The van der Waals surface area contributed by atoms with E-state index in [0.29, 0.717) is 0 Å². The van der Waals surface area contributed by atoms with Crippen LogP contribution in [0.1, 0.15) is 42.4 Å². The summed E-state index contributed by atoms with van der Waals surface area (Å²) in [7, 11) is 0. The Bertz CT molecular complexity index is 834. The highest BCUT2D eigenvalue weighted by Gasteiger charge is 2.34. The Kier molecular flexibility index (Phi) is 6.42. The maximum atomic E-state index is 13.3. The summed E-state index contributed by atoms with van der Waals surface area (Å²) < 4.78 is 45.3. The quantitative estimate of drug-likeness (QED) is 0.771. The molecule has 27 heavy (non-hydrogen) atoms. The molecule has 0 saturated carbocycles. The van der Waals surface area contributed by atoms with E-state index in [1.807, 2.05) is 0 Å². The molecular formula is C17H18F3N3O3S. The molecule has 1 aromatic carbocycles. The highest BCUT2D eigenvalue weighted by atomic mass is 32.1. The largest absolute Gasteiger partial charge is 0.491 e. The lowest BCUT2D eigenvalue weighted by Gasteiger charge is -2.16. The number of anilines is 1. The van der Waals surface area contributed by atoms with Gasteiger partial charge in [-0.1, -0.05) is 6.07 Å². The first kappa shape index (κ1) is 20.7. The number of carbonyl (C=O) groups excluding carboxylic acids is 2. The molecule has 146 valence electrons. The predicted molar refractivity (Wildman–Crippen MR) is 94.8 cm³/mol. The van der Waals surface area contributed by atoms with Crippen LogP contribution in [0.3, 0.4) is 0 Å². The fraction of sp³-hybridized carbons (Fsp3) is 0.353. The van der Waals surface area contributed by atoms with Crippen LogP contribution in [0.4, 0.5) is 18.3 Å². The van der Waals surface area contributed by atoms with Crippen molar-refractivity contribution < 1.29 is 27.5 Å². The third-order valence-electron chi connectivity index (χ3n) is 3.22. The first-order valence-electron chi connectivity index (χ1n) is 7.94. The van der Waals surface area contributed by atoms with Gasteiger partial charge in [0.05, 0.1) is 11.7 Å². The molecule has 0 unspecified atom stereocenters. The molecule has 0 saturated heterocycles. The number of thiazole rings is 1. The highest BCUT2D eigenvalue weighted by Crippen LogP contribution is 2.34. The van der Waals surface area contributed by atoms with Crippen LogP contribution in [0.5, 0.6) is 5.75 Å². The molecule has 0 bridgehead atoms. The van der Waals surface area contributed by atoms with Crippen molar-refractivity contribution in [2.75, 3.05) is 5.32 Å². The summed E-state index contributed by atoms with van der Waals surface area (Å²) in [6, 6.07) is 3.61. The van der Waals surface area contributed by atoms with Crippen LogP contribution in [0.15, 0.2) is 23.6 Å². The van der Waals surface area contributed by atoms with Gasteiger partial charge in [0.1, 0.15) is 11.4 Å². The first-order chi connectivity index (χ1) is 12.6. The van der Waals surface area contributed by atoms with Crippen molar-refractivity contribution in [2.24, 2.45) is 0 Å². The number of nitrogens with one attached hydrogen (secondary N) is 2. The van der Waals surface area contributed by atoms with E-state index in [9.17, 15) is 22.8 Å². The predicted octanol–water partition coefficient (Wildman–Crippen LogP) is 3.84. The molecule has 0 spiro atoms. The number of halogens is 3. The van der Waals surface area contributed by atoms with Gasteiger partial charge in [-0.25, -0.2) is 4.98 Å². The Hall–Kier alpha value is -2.62. The summed E-state index contributed by atoms with van der Waals surface area (Å²) in [5, 5.41) is 6.48. The standard InChI is InChI=1S/C17H18F3N3O3S/c1-9(2)26-12-5-4-11(13(6-12)17(18,19)20)7-21-15(25)14-8-27-16(23-14)22-10(3)24/h4-6,8-9H,7H2,1-3H3,(H,21,25)(H,22,23,24). The number of rotatable bonds is 6. The van der Waals surface area contributed by atoms with Crippen molar-refractivity contribution in [2.45, 2.75) is 39.6 Å². The Balaban J connectivity index is 2.13. The maximum absolute atomic E-state index is 13.3. The SMILES string of the molecule is CC(=O)Nc1nc(C(=O)NCc2ccc(OC(C)C)cc2C(F)(F)F)cs1. The summed E-state index contributed by atoms with van der Waals surface area (Å²) in [5.74, 6) is -0.875. The molecule has 2 aromatic rings. The lowest BCUT2D eigenvalue weighted by Crippen LogP contribution is -2.25. The number of aromatic nitrogens is 1. The van der Waals surface area contributed by atoms with E-state index in [0.717, 1.165) is 17.4 Å². The van der Waals surface area contributed by atoms with Crippen LogP contribution in [0, 0.1) is 0 Å². The van der Waals surface area contributed by atoms with Gasteiger partial charge >= 0.3 is 6.18 Å². The lowest BCUT2D eigenvalue weighted by atomic mass is 10.1. The number of benzene rings is 1. The molecule has 2 N–H and O–H groups in total. The molecule has 6 nitrogen and oxygen atoms in total. The van der Waals surface area contributed by atoms with Crippen molar-refractivity contribution in [3.8, 4) is 5.75 Å². The van der Waals surface area contributed by atoms with Crippen LogP contribution in [-0.2, 0) is 17.5 Å². The van der Waals surface area contributed by atoms with E-state index >= 15 is 0 Å². The molecule has 10 heteroatoms. The van der Waals surface area contributed by atoms with Gasteiger partial charge in [0.15, 0.2) is 5.13 Å². The molecule has 0 fully saturated rings. The number of alkyl halides is 3. The van der Waals surface area contributed by atoms with Crippen LogP contribution < -0.4 is 15.4 Å². The molecule has 0 atom stereocenters. The topological polar surface area (TPSA) is 80.3 Å². The second kappa shape index (κ2) is 8.38. The van der Waals surface area contributed by atoms with Crippen LogP contribution in [0.25, 0.3) is 0 Å². The maximum Gasteiger partial charge on any atom is 0.416 e. The number of hydrogen-bond donors (Lipinski definition) is 2. The highest BCUT2D eigenvalue weighted by molar-refractivity contribution is 7.14. The zero-order valence-electron chi connectivity index (χ0n) is 14.8. The Morgan fingerprint density at radius 2 is 2.00 bits per heavy atom. The van der Waals surface area contributed by atoms with E-state index in [1.165, 1.54) is 24.4 Å². The monoisotopic (exact) mass is 401 g/mol. The van der Waals surface area contributed by atoms with E-state index in [4.69, 9.17) is 4.74 Å². The van der Waals surface area contributed by atoms with E-state index in [-0.39, 0.29) is 40.7 Å². The van der Waals surface area contributed by atoms with E-state index in [1.54, 1.807) is 13.8 Å². The normalized spacial score (nSPS) is 11.4. The average Bonchev–Trinajstić information content (AvgIpc) is 2.99. The summed E-state index contributed by atoms with van der Waals surface area (Å²) in [5.41, 5.74) is -0.959. The minimum Gasteiger partial charge on any atom is -0.491 e. The molecule has 0 radical (unpaired) electrons. The average molecular weight is 401 g/mol. The zero-order valence-corrected chi connectivity index (χ0v) is 15.6. The van der Waals surface area contributed by atoms with Crippen molar-refractivity contribution in [1.29, 1.82) is 0 Å². The third-order valence-corrected chi connectivity index (χ3v) is 3.98. The van der Waals surface area contributed by atoms with E-state index in [2.05, 4.69) is 15.6 Å². The fourth-order valence-electron chi connectivity index (χ4n) is 2.17. The van der Waals surface area contributed by atoms with E-state index < -0.39 is 17.6 Å². The number of carbonyl (C=O) groups is 2. The molecule has 2 amide bonds. The fourth-order valence-corrected chi connectivity index (χ4v) is 2.91. The van der Waals surface area contributed by atoms with Gasteiger partial charge in [0.25, 0.3) is 5.91 Å². The Morgan fingerprint density at radius 3 is 2.59 bits per heavy atom. The minimum atomic E-state index is -4.59. The smallest absolute Gasteiger partial charge is 0.416 e. The van der Waals surface area contributed by atoms with Gasteiger partial charge in [0, 0.05) is 18.8 Å². The van der Waals surface area contributed by atoms with Crippen LogP contribution in [-0.4, -0.2) is 22.9 Å². The zero-order chi connectivity index (χ0) is 20.2. The molecular weight excluding hydrogens is 383 g/mol. The number of ether oxygens (including phenoxy) is 1. The summed E-state index contributed by atoms with van der Waals surface area (Å²) >= 11 is 1.04. The van der Waals surface area contributed by atoms with Crippen LogP contribution >= 0.6 is 11.3 Å². The van der Waals surface area contributed by atoms with Crippen molar-refractivity contribution in [3.63, 3.8) is 0 Å². The summed E-state index contributed by atoms with van der Waals surface area (Å²) in [4.78, 5) is 27.0. The van der Waals surface area contributed by atoms with Gasteiger partial charge in [-0.15, -0.1) is 11.3 Å². The van der Waals surface area contributed by atoms with Gasteiger partial charge in [0.2, 0.25) is 5.91 Å². The van der Waals surface area contributed by atoms with Crippen molar-refractivity contribution >= 4 is 28.3 Å². The minimum absolute atomic E-state index is 0.0112. The van der Waals surface area contributed by atoms with Gasteiger partial charge in [-0.3, -0.25) is 9.59 Å². The Labute approximate surface area is 157 Å².